The maximum Gasteiger partial charge on any atom is 0.255 e. The van der Waals surface area contributed by atoms with Crippen LogP contribution in [0.1, 0.15) is 17.3 Å². The number of carbonyl (C=O) groups excluding carboxylic acids is 2. The zero-order valence-corrected chi connectivity index (χ0v) is 26.1. The first-order chi connectivity index (χ1) is 21.9. The molecule has 0 bridgehead atoms. The van der Waals surface area contributed by atoms with Crippen molar-refractivity contribution in [3.05, 3.63) is 115 Å². The van der Waals surface area contributed by atoms with Gasteiger partial charge in [0.2, 0.25) is 0 Å². The number of allylic oxidation sites excluding steroid dienone is 1. The number of halogens is 1. The molecule has 0 aliphatic rings. The molecule has 6 aromatic rings. The lowest BCUT2D eigenvalue weighted by Gasteiger charge is -2.11. The smallest absolute Gasteiger partial charge is 0.255 e. The number of methoxy groups -OCH3 is 1. The summed E-state index contributed by atoms with van der Waals surface area (Å²) in [6.07, 6.45) is 7.35. The maximum atomic E-state index is 13.6. The number of furan rings is 1. The van der Waals surface area contributed by atoms with E-state index < -0.39 is 0 Å². The molecule has 45 heavy (non-hydrogen) atoms. The highest BCUT2D eigenvalue weighted by Gasteiger charge is 2.23. The summed E-state index contributed by atoms with van der Waals surface area (Å²) >= 11 is 0. The fourth-order valence-electron chi connectivity index (χ4n) is 4.78. The topological polar surface area (TPSA) is 98.4 Å². The van der Waals surface area contributed by atoms with Gasteiger partial charge in [0.05, 0.1) is 11.1 Å². The quantitative estimate of drug-likeness (QED) is 0.193. The lowest BCUT2D eigenvalue weighted by molar-refractivity contribution is -0.0980. The van der Waals surface area contributed by atoms with E-state index in [4.69, 9.17) is 9.21 Å². The van der Waals surface area contributed by atoms with Gasteiger partial charge in [-0.25, -0.2) is 4.39 Å². The minimum Gasteiger partial charge on any atom is -0.455 e. The third-order valence-electron chi connectivity index (χ3n) is 6.60. The predicted molar refractivity (Wildman–Crippen MR) is 181 cm³/mol. The monoisotopic (exact) mass is 608 g/mol. The Morgan fingerprint density at radius 2 is 1.58 bits per heavy atom. The van der Waals surface area contributed by atoms with Crippen LogP contribution in [0.3, 0.4) is 0 Å². The molecule has 2 N–H and O–H groups in total. The Kier molecular flexibility index (Phi) is 12.3. The number of hydrogen-bond acceptors (Lipinski definition) is 6. The molecule has 0 radical (unpaired) electrons. The van der Waals surface area contributed by atoms with Crippen molar-refractivity contribution in [3.63, 3.8) is 0 Å². The molecule has 6 rings (SSSR count). The van der Waals surface area contributed by atoms with E-state index in [2.05, 4.69) is 55.8 Å². The lowest BCUT2D eigenvalue weighted by Crippen LogP contribution is -2.18. The molecule has 0 fully saturated rings. The number of pyridine rings is 1. The number of nitrogens with zero attached hydrogens (tertiary/aromatic N) is 2. The summed E-state index contributed by atoms with van der Waals surface area (Å²) in [5, 5.41) is 7.75. The molecular weight excluding hydrogens is 571 g/mol. The van der Waals surface area contributed by atoms with Gasteiger partial charge in [0.25, 0.3) is 5.91 Å². The van der Waals surface area contributed by atoms with E-state index >= 15 is 0 Å². The third kappa shape index (κ3) is 7.52. The van der Waals surface area contributed by atoms with E-state index in [0.29, 0.717) is 27.9 Å². The van der Waals surface area contributed by atoms with Gasteiger partial charge in [0.1, 0.15) is 23.9 Å². The lowest BCUT2D eigenvalue weighted by atomic mass is 9.97. The van der Waals surface area contributed by atoms with Crippen LogP contribution in [-0.4, -0.2) is 50.6 Å². The van der Waals surface area contributed by atoms with Gasteiger partial charge in [-0.3, -0.25) is 9.78 Å². The standard InChI is InChI=1S/C30H23FN4O2.C3H6.C2H6O.CH2O/c1-32-25-17-27-24(28(30(36)33-2)29(37-27)18-3-6-21(31)7-4-18)16-23(25)19-5-8-26-20(15-19)11-14-35(26)22-9-12-34-13-10-22;2*1-3-2;1-2/h3-17,32H,1-2H3,(H,33,36);3H,1H2,2H3;1-2H3;1H2. The van der Waals surface area contributed by atoms with Gasteiger partial charge in [-0.1, -0.05) is 12.1 Å². The van der Waals surface area contributed by atoms with Gasteiger partial charge in [0, 0.05) is 86.2 Å². The summed E-state index contributed by atoms with van der Waals surface area (Å²) in [6.45, 7) is 7.25. The molecule has 3 aromatic carbocycles. The van der Waals surface area contributed by atoms with E-state index in [9.17, 15) is 9.18 Å². The third-order valence-corrected chi connectivity index (χ3v) is 6.60. The summed E-state index contributed by atoms with van der Waals surface area (Å²) in [5.74, 6) is -0.223. The number of hydrogen-bond donors (Lipinski definition) is 2. The van der Waals surface area contributed by atoms with E-state index in [1.54, 1.807) is 51.9 Å². The molecule has 1 amide bonds. The molecule has 232 valence electrons. The van der Waals surface area contributed by atoms with Crippen LogP contribution in [0.2, 0.25) is 0 Å². The van der Waals surface area contributed by atoms with Crippen LogP contribution < -0.4 is 10.6 Å². The van der Waals surface area contributed by atoms with E-state index in [1.165, 1.54) is 12.1 Å². The number of aromatic nitrogens is 2. The summed E-state index contributed by atoms with van der Waals surface area (Å²) in [4.78, 5) is 25.1. The summed E-state index contributed by atoms with van der Waals surface area (Å²) in [7, 11) is 6.69. The first-order valence-electron chi connectivity index (χ1n) is 13.9. The number of rotatable bonds is 5. The van der Waals surface area contributed by atoms with E-state index in [0.717, 1.165) is 33.4 Å². The Morgan fingerprint density at radius 3 is 2.18 bits per heavy atom. The van der Waals surface area contributed by atoms with Crippen molar-refractivity contribution < 1.29 is 23.1 Å². The Labute approximate surface area is 262 Å². The Hall–Kier alpha value is -5.54. The Balaban J connectivity index is 0.000000631. The highest BCUT2D eigenvalue weighted by molar-refractivity contribution is 6.13. The number of benzene rings is 3. The average Bonchev–Trinajstić information content (AvgIpc) is 3.67. The molecular formula is C36H37FN4O4. The van der Waals surface area contributed by atoms with Crippen molar-refractivity contribution in [2.45, 2.75) is 6.92 Å². The second-order valence-electron chi connectivity index (χ2n) is 9.52. The van der Waals surface area contributed by atoms with Crippen molar-refractivity contribution in [2.24, 2.45) is 0 Å². The fraction of sp³-hybridized carbons (Fsp3) is 0.139. The molecule has 0 atom stereocenters. The molecule has 0 saturated carbocycles. The van der Waals surface area contributed by atoms with Gasteiger partial charge in [-0.05, 0) is 73.2 Å². The highest BCUT2D eigenvalue weighted by Crippen LogP contribution is 2.40. The minimum absolute atomic E-state index is 0.272. The average molecular weight is 609 g/mol. The number of carbonyl (C=O) groups is 2. The summed E-state index contributed by atoms with van der Waals surface area (Å²) in [5.41, 5.74) is 6.52. The van der Waals surface area contributed by atoms with Crippen LogP contribution in [0.15, 0.2) is 108 Å². The van der Waals surface area contributed by atoms with Crippen molar-refractivity contribution >= 4 is 40.3 Å². The largest absolute Gasteiger partial charge is 0.455 e. The van der Waals surface area contributed by atoms with Gasteiger partial charge >= 0.3 is 0 Å². The highest BCUT2D eigenvalue weighted by atomic mass is 19.1. The molecule has 3 heterocycles. The first kappa shape index (κ1) is 34.0. The van der Waals surface area contributed by atoms with Crippen LogP contribution in [0, 0.1) is 5.82 Å². The summed E-state index contributed by atoms with van der Waals surface area (Å²) < 4.78 is 26.1. The SMILES string of the molecule is C=CC.C=O.CNC(=O)c1c(-c2ccc(F)cc2)oc2cc(NC)c(-c3ccc4c(ccn4-c4ccncc4)c3)cc12.COC. The van der Waals surface area contributed by atoms with Crippen LogP contribution >= 0.6 is 0 Å². The zero-order chi connectivity index (χ0) is 32.9. The van der Waals surface area contributed by atoms with Crippen LogP contribution in [0.4, 0.5) is 10.1 Å². The van der Waals surface area contributed by atoms with Crippen LogP contribution in [0.5, 0.6) is 0 Å². The van der Waals surface area contributed by atoms with Crippen molar-refractivity contribution in [1.29, 1.82) is 0 Å². The second kappa shape index (κ2) is 16.3. The van der Waals surface area contributed by atoms with E-state index in [-0.39, 0.29) is 11.7 Å². The Bertz CT molecular complexity index is 1860. The molecule has 0 aliphatic carbocycles. The van der Waals surface area contributed by atoms with Crippen molar-refractivity contribution in [3.8, 4) is 28.1 Å². The maximum absolute atomic E-state index is 13.6. The zero-order valence-electron chi connectivity index (χ0n) is 26.1. The molecule has 0 spiro atoms. The number of fused-ring (bicyclic) bond motifs is 2. The van der Waals surface area contributed by atoms with Gasteiger partial charge in [-0.2, -0.15) is 0 Å². The fourth-order valence-corrected chi connectivity index (χ4v) is 4.78. The van der Waals surface area contributed by atoms with Gasteiger partial charge in [0.15, 0.2) is 0 Å². The van der Waals surface area contributed by atoms with Crippen LogP contribution in [0.25, 0.3) is 50.0 Å². The first-order valence-corrected chi connectivity index (χ1v) is 13.9. The number of amides is 1. The Morgan fingerprint density at radius 1 is 0.956 bits per heavy atom. The molecule has 0 aliphatic heterocycles. The minimum atomic E-state index is -0.353. The predicted octanol–water partition coefficient (Wildman–Crippen LogP) is 7.92. The number of anilines is 1. The number of nitrogens with one attached hydrogen (secondary N) is 2. The van der Waals surface area contributed by atoms with E-state index in [1.807, 2.05) is 51.2 Å². The van der Waals surface area contributed by atoms with Crippen LogP contribution in [-0.2, 0) is 9.53 Å². The normalized spacial score (nSPS) is 10.0. The second-order valence-corrected chi connectivity index (χ2v) is 9.52. The molecule has 3 aromatic heterocycles. The molecule has 0 unspecified atom stereocenters. The molecule has 0 saturated heterocycles. The van der Waals surface area contributed by atoms with Crippen molar-refractivity contribution in [2.75, 3.05) is 33.6 Å². The van der Waals surface area contributed by atoms with Crippen molar-refractivity contribution in [1.82, 2.24) is 14.9 Å². The molecule has 9 heteroatoms. The van der Waals surface area contributed by atoms with Gasteiger partial charge < -0.3 is 29.1 Å². The van der Waals surface area contributed by atoms with Gasteiger partial charge in [-0.15, -0.1) is 6.58 Å². The molecule has 8 nitrogen and oxygen atoms in total. The number of ether oxygens (including phenoxy) is 1. The summed E-state index contributed by atoms with van der Waals surface area (Å²) in [6, 6.07) is 22.1.